The summed E-state index contributed by atoms with van der Waals surface area (Å²) in [6, 6.07) is 2.04. The molecule has 7 heteroatoms. The normalized spacial score (nSPS) is 16.7. The van der Waals surface area contributed by atoms with E-state index >= 15 is 0 Å². The van der Waals surface area contributed by atoms with Crippen molar-refractivity contribution in [3.8, 4) is 5.75 Å². The Morgan fingerprint density at radius 2 is 1.78 bits per heavy atom. The predicted molar refractivity (Wildman–Crippen MR) is 76.4 cm³/mol. The van der Waals surface area contributed by atoms with E-state index in [4.69, 9.17) is 14.2 Å². The van der Waals surface area contributed by atoms with Crippen molar-refractivity contribution in [1.82, 2.24) is 0 Å². The molecular weight excluding hydrogens is 310 g/mol. The van der Waals surface area contributed by atoms with E-state index in [1.165, 1.54) is 19.9 Å². The molecule has 0 aromatic heterocycles. The molecule has 0 unspecified atom stereocenters. The first kappa shape index (κ1) is 16.9. The van der Waals surface area contributed by atoms with Crippen molar-refractivity contribution in [3.05, 3.63) is 34.9 Å². The zero-order valence-electron chi connectivity index (χ0n) is 12.9. The average Bonchev–Trinajstić information content (AvgIpc) is 2.44. The zero-order valence-corrected chi connectivity index (χ0v) is 12.9. The molecule has 0 amide bonds. The van der Waals surface area contributed by atoms with Gasteiger partial charge in [0.1, 0.15) is 5.57 Å². The molecule has 1 heterocycles. The molecule has 0 N–H and O–H groups in total. The van der Waals surface area contributed by atoms with Crippen molar-refractivity contribution >= 4 is 18.0 Å². The molecule has 1 aliphatic heterocycles. The molecule has 0 aliphatic carbocycles. The van der Waals surface area contributed by atoms with E-state index in [1.807, 2.05) is 6.92 Å². The van der Waals surface area contributed by atoms with Crippen molar-refractivity contribution < 1.29 is 32.6 Å². The van der Waals surface area contributed by atoms with E-state index in [-0.39, 0.29) is 17.9 Å². The van der Waals surface area contributed by atoms with Gasteiger partial charge in [-0.2, -0.15) is 4.39 Å². The summed E-state index contributed by atoms with van der Waals surface area (Å²) in [5.74, 6) is -5.73. The van der Waals surface area contributed by atoms with Crippen molar-refractivity contribution in [1.29, 1.82) is 0 Å². The van der Waals surface area contributed by atoms with Gasteiger partial charge in [0.05, 0.1) is 6.61 Å². The molecule has 1 fully saturated rings. The molecule has 23 heavy (non-hydrogen) atoms. The monoisotopic (exact) mass is 326 g/mol. The fourth-order valence-electron chi connectivity index (χ4n) is 1.93. The lowest BCUT2D eigenvalue weighted by molar-refractivity contribution is -0.222. The first-order valence-corrected chi connectivity index (χ1v) is 7.03. The molecule has 124 valence electrons. The van der Waals surface area contributed by atoms with Crippen LogP contribution in [0.5, 0.6) is 5.75 Å². The SMILES string of the molecule is CCCOc1cc(C=C2C(=O)OC(C)(C)OC2=O)cc(F)c1F. The summed E-state index contributed by atoms with van der Waals surface area (Å²) in [5.41, 5.74) is -0.324. The van der Waals surface area contributed by atoms with E-state index < -0.39 is 34.9 Å². The highest BCUT2D eigenvalue weighted by atomic mass is 19.2. The Morgan fingerprint density at radius 3 is 2.35 bits per heavy atom. The van der Waals surface area contributed by atoms with Gasteiger partial charge in [-0.25, -0.2) is 14.0 Å². The molecule has 0 atom stereocenters. The molecule has 0 bridgehead atoms. The summed E-state index contributed by atoms with van der Waals surface area (Å²) >= 11 is 0. The molecule has 1 aromatic carbocycles. The maximum absolute atomic E-state index is 13.6. The number of halogens is 2. The van der Waals surface area contributed by atoms with Crippen LogP contribution < -0.4 is 4.74 Å². The Bertz CT molecular complexity index is 657. The highest BCUT2D eigenvalue weighted by Gasteiger charge is 2.38. The summed E-state index contributed by atoms with van der Waals surface area (Å²) in [6.45, 7) is 4.84. The number of benzene rings is 1. The summed E-state index contributed by atoms with van der Waals surface area (Å²) < 4.78 is 42.2. The minimum atomic E-state index is -1.37. The number of carbonyl (C=O) groups excluding carboxylic acids is 2. The van der Waals surface area contributed by atoms with Gasteiger partial charge in [-0.05, 0) is 30.2 Å². The molecule has 1 saturated heterocycles. The van der Waals surface area contributed by atoms with Crippen molar-refractivity contribution in [2.24, 2.45) is 0 Å². The van der Waals surface area contributed by atoms with Gasteiger partial charge in [0.25, 0.3) is 5.79 Å². The van der Waals surface area contributed by atoms with Crippen LogP contribution in [-0.4, -0.2) is 24.3 Å². The lowest BCUT2D eigenvalue weighted by Crippen LogP contribution is -2.41. The topological polar surface area (TPSA) is 61.8 Å². The maximum Gasteiger partial charge on any atom is 0.348 e. The summed E-state index contributed by atoms with van der Waals surface area (Å²) in [7, 11) is 0. The van der Waals surface area contributed by atoms with Crippen LogP contribution in [0.1, 0.15) is 32.8 Å². The standard InChI is InChI=1S/C16H16F2O5/c1-4-5-21-12-8-9(7-11(17)13(12)18)6-10-14(19)22-16(2,3)23-15(10)20/h6-8H,4-5H2,1-3H3. The van der Waals surface area contributed by atoms with E-state index in [0.717, 1.165) is 12.1 Å². The second-order valence-corrected chi connectivity index (χ2v) is 5.40. The smallest absolute Gasteiger partial charge is 0.348 e. The Hall–Kier alpha value is -2.44. The Balaban J connectivity index is 2.37. The lowest BCUT2D eigenvalue weighted by atomic mass is 10.1. The highest BCUT2D eigenvalue weighted by molar-refractivity contribution is 6.18. The fourth-order valence-corrected chi connectivity index (χ4v) is 1.93. The van der Waals surface area contributed by atoms with Gasteiger partial charge in [0.2, 0.25) is 5.82 Å². The van der Waals surface area contributed by atoms with Gasteiger partial charge in [0.15, 0.2) is 11.6 Å². The molecule has 0 spiro atoms. The maximum atomic E-state index is 13.6. The first-order chi connectivity index (χ1) is 10.7. The van der Waals surface area contributed by atoms with Crippen LogP contribution in [0.25, 0.3) is 6.08 Å². The minimum Gasteiger partial charge on any atom is -0.490 e. The molecule has 0 radical (unpaired) electrons. The number of cyclic esters (lactones) is 2. The van der Waals surface area contributed by atoms with Crippen LogP contribution in [0, 0.1) is 11.6 Å². The van der Waals surface area contributed by atoms with E-state index in [2.05, 4.69) is 0 Å². The van der Waals surface area contributed by atoms with Crippen LogP contribution >= 0.6 is 0 Å². The van der Waals surface area contributed by atoms with Crippen molar-refractivity contribution in [2.45, 2.75) is 33.0 Å². The van der Waals surface area contributed by atoms with Crippen LogP contribution in [-0.2, 0) is 19.1 Å². The van der Waals surface area contributed by atoms with Crippen molar-refractivity contribution in [2.75, 3.05) is 6.61 Å². The third kappa shape index (κ3) is 3.85. The van der Waals surface area contributed by atoms with Crippen LogP contribution in [0.2, 0.25) is 0 Å². The fraction of sp³-hybridized carbons (Fsp3) is 0.375. The van der Waals surface area contributed by atoms with Gasteiger partial charge >= 0.3 is 11.9 Å². The molecule has 5 nitrogen and oxygen atoms in total. The number of hydrogen-bond donors (Lipinski definition) is 0. The van der Waals surface area contributed by atoms with E-state index in [1.54, 1.807) is 0 Å². The molecule has 2 rings (SSSR count). The number of carbonyl (C=O) groups is 2. The molecular formula is C16H16F2O5. The predicted octanol–water partition coefficient (Wildman–Crippen LogP) is 2.97. The van der Waals surface area contributed by atoms with Gasteiger partial charge in [-0.15, -0.1) is 0 Å². The van der Waals surface area contributed by atoms with Gasteiger partial charge in [-0.3, -0.25) is 0 Å². The van der Waals surface area contributed by atoms with Crippen LogP contribution in [0.15, 0.2) is 17.7 Å². The summed E-state index contributed by atoms with van der Waals surface area (Å²) in [6.07, 6.45) is 1.68. The molecule has 0 saturated carbocycles. The largest absolute Gasteiger partial charge is 0.490 e. The summed E-state index contributed by atoms with van der Waals surface area (Å²) in [4.78, 5) is 23.7. The third-order valence-electron chi connectivity index (χ3n) is 2.91. The van der Waals surface area contributed by atoms with Gasteiger partial charge in [0, 0.05) is 13.8 Å². The average molecular weight is 326 g/mol. The van der Waals surface area contributed by atoms with E-state index in [0.29, 0.717) is 6.42 Å². The second kappa shape index (κ2) is 6.36. The Kier molecular flexibility index (Phi) is 4.68. The van der Waals surface area contributed by atoms with Crippen LogP contribution in [0.4, 0.5) is 8.78 Å². The quantitative estimate of drug-likeness (QED) is 0.483. The first-order valence-electron chi connectivity index (χ1n) is 7.03. The highest BCUT2D eigenvalue weighted by Crippen LogP contribution is 2.27. The van der Waals surface area contributed by atoms with Gasteiger partial charge < -0.3 is 14.2 Å². The Morgan fingerprint density at radius 1 is 1.17 bits per heavy atom. The lowest BCUT2D eigenvalue weighted by Gasteiger charge is -2.29. The molecule has 1 aliphatic rings. The minimum absolute atomic E-state index is 0.0820. The van der Waals surface area contributed by atoms with Crippen molar-refractivity contribution in [3.63, 3.8) is 0 Å². The Labute approximate surface area is 131 Å². The second-order valence-electron chi connectivity index (χ2n) is 5.40. The summed E-state index contributed by atoms with van der Waals surface area (Å²) in [5, 5.41) is 0. The van der Waals surface area contributed by atoms with Crippen LogP contribution in [0.3, 0.4) is 0 Å². The number of rotatable bonds is 4. The van der Waals surface area contributed by atoms with Gasteiger partial charge in [-0.1, -0.05) is 6.92 Å². The molecule has 1 aromatic rings. The van der Waals surface area contributed by atoms with E-state index in [9.17, 15) is 18.4 Å². The number of hydrogen-bond acceptors (Lipinski definition) is 5. The third-order valence-corrected chi connectivity index (χ3v) is 2.91. The number of ether oxygens (including phenoxy) is 3. The zero-order chi connectivity index (χ0) is 17.2. The number of esters is 2.